The van der Waals surface area contributed by atoms with Gasteiger partial charge in [0, 0.05) is 0 Å². The number of hydrogen-bond acceptors (Lipinski definition) is 3. The van der Waals surface area contributed by atoms with Crippen molar-refractivity contribution in [3.05, 3.63) is 52.4 Å². The molecule has 18 heavy (non-hydrogen) atoms. The number of benzene rings is 1. The third-order valence-corrected chi connectivity index (χ3v) is 3.47. The van der Waals surface area contributed by atoms with Crippen LogP contribution in [-0.2, 0) is 12.3 Å². The molecule has 0 saturated heterocycles. The predicted molar refractivity (Wildman–Crippen MR) is 79.4 cm³/mol. The van der Waals surface area contributed by atoms with Gasteiger partial charge in [0.15, 0.2) is 0 Å². The van der Waals surface area contributed by atoms with Crippen LogP contribution in [0.4, 0.5) is 5.69 Å². The van der Waals surface area contributed by atoms with Crippen molar-refractivity contribution in [1.29, 1.82) is 0 Å². The summed E-state index contributed by atoms with van der Waals surface area (Å²) in [7, 11) is 0. The van der Waals surface area contributed by atoms with Crippen LogP contribution in [0.15, 0.2) is 34.7 Å². The van der Waals surface area contributed by atoms with Crippen LogP contribution < -0.4 is 5.32 Å². The van der Waals surface area contributed by atoms with Crippen LogP contribution in [0.2, 0.25) is 5.02 Å². The predicted octanol–water partition coefficient (Wildman–Crippen LogP) is 4.72. The standard InChI is InChI=1S/C14H16ClNOS/c1-10-3-6-14(13(15)7-10)16-8-11-4-5-12(17-11)9-18-2/h3-7,16H,8-9H2,1-2H3. The van der Waals surface area contributed by atoms with Crippen LogP contribution in [0, 0.1) is 6.92 Å². The first-order valence-corrected chi connectivity index (χ1v) is 7.53. The Morgan fingerprint density at radius 3 is 2.72 bits per heavy atom. The fourth-order valence-corrected chi connectivity index (χ4v) is 2.42. The summed E-state index contributed by atoms with van der Waals surface area (Å²) in [5.41, 5.74) is 2.09. The lowest BCUT2D eigenvalue weighted by atomic mass is 10.2. The van der Waals surface area contributed by atoms with Crippen LogP contribution >= 0.6 is 23.4 Å². The Hall–Kier alpha value is -1.06. The first-order chi connectivity index (χ1) is 8.69. The molecule has 0 spiro atoms. The lowest BCUT2D eigenvalue weighted by Gasteiger charge is -2.07. The van der Waals surface area contributed by atoms with Gasteiger partial charge in [-0.05, 0) is 43.0 Å². The van der Waals surface area contributed by atoms with Crippen LogP contribution in [0.1, 0.15) is 17.1 Å². The maximum absolute atomic E-state index is 6.15. The molecule has 0 aliphatic heterocycles. The van der Waals surface area contributed by atoms with E-state index in [9.17, 15) is 0 Å². The van der Waals surface area contributed by atoms with Crippen molar-refractivity contribution in [2.45, 2.75) is 19.2 Å². The average molecular weight is 282 g/mol. The van der Waals surface area contributed by atoms with Crippen molar-refractivity contribution in [1.82, 2.24) is 0 Å². The molecule has 1 N–H and O–H groups in total. The fourth-order valence-electron chi connectivity index (χ4n) is 1.68. The number of aryl methyl sites for hydroxylation is 1. The highest BCUT2D eigenvalue weighted by molar-refractivity contribution is 7.97. The average Bonchev–Trinajstić information content (AvgIpc) is 2.76. The summed E-state index contributed by atoms with van der Waals surface area (Å²) in [6.07, 6.45) is 2.06. The number of furan rings is 1. The van der Waals surface area contributed by atoms with Crippen molar-refractivity contribution >= 4 is 29.1 Å². The molecule has 0 bridgehead atoms. The zero-order valence-electron chi connectivity index (χ0n) is 10.5. The summed E-state index contributed by atoms with van der Waals surface area (Å²) in [4.78, 5) is 0. The van der Waals surface area contributed by atoms with Crippen LogP contribution in [0.25, 0.3) is 0 Å². The van der Waals surface area contributed by atoms with Crippen molar-refractivity contribution in [2.24, 2.45) is 0 Å². The normalized spacial score (nSPS) is 10.6. The molecule has 1 aromatic heterocycles. The minimum atomic E-state index is 0.650. The van der Waals surface area contributed by atoms with Crippen molar-refractivity contribution < 1.29 is 4.42 Å². The van der Waals surface area contributed by atoms with E-state index in [0.29, 0.717) is 6.54 Å². The maximum Gasteiger partial charge on any atom is 0.123 e. The number of rotatable bonds is 5. The first kappa shape index (κ1) is 13.4. The molecule has 96 valence electrons. The Morgan fingerprint density at radius 2 is 2.00 bits per heavy atom. The number of halogens is 1. The summed E-state index contributed by atoms with van der Waals surface area (Å²) in [6.45, 7) is 2.67. The monoisotopic (exact) mass is 281 g/mol. The van der Waals surface area contributed by atoms with Gasteiger partial charge >= 0.3 is 0 Å². The van der Waals surface area contributed by atoms with E-state index < -0.39 is 0 Å². The van der Waals surface area contributed by atoms with E-state index in [1.165, 1.54) is 0 Å². The van der Waals surface area contributed by atoms with E-state index >= 15 is 0 Å². The minimum absolute atomic E-state index is 0.650. The Kier molecular flexibility index (Phi) is 4.61. The van der Waals surface area contributed by atoms with Gasteiger partial charge in [0.1, 0.15) is 11.5 Å². The summed E-state index contributed by atoms with van der Waals surface area (Å²) in [6, 6.07) is 10.00. The second-order valence-electron chi connectivity index (χ2n) is 4.14. The molecule has 1 aromatic carbocycles. The van der Waals surface area contributed by atoms with E-state index in [4.69, 9.17) is 16.0 Å². The van der Waals surface area contributed by atoms with Crippen LogP contribution in [0.5, 0.6) is 0 Å². The lowest BCUT2D eigenvalue weighted by Crippen LogP contribution is -1.98. The van der Waals surface area contributed by atoms with Gasteiger partial charge in [-0.15, -0.1) is 0 Å². The zero-order chi connectivity index (χ0) is 13.0. The van der Waals surface area contributed by atoms with Crippen LogP contribution in [-0.4, -0.2) is 6.26 Å². The third kappa shape index (κ3) is 3.47. The molecule has 1 heterocycles. The summed E-state index contributed by atoms with van der Waals surface area (Å²) < 4.78 is 5.68. The van der Waals surface area contributed by atoms with Crippen molar-refractivity contribution in [3.8, 4) is 0 Å². The fraction of sp³-hybridized carbons (Fsp3) is 0.286. The zero-order valence-corrected chi connectivity index (χ0v) is 12.1. The van der Waals surface area contributed by atoms with Gasteiger partial charge in [0.05, 0.1) is 23.0 Å². The van der Waals surface area contributed by atoms with E-state index in [0.717, 1.165) is 33.5 Å². The molecule has 0 saturated carbocycles. The molecule has 0 unspecified atom stereocenters. The first-order valence-electron chi connectivity index (χ1n) is 5.75. The van der Waals surface area contributed by atoms with Crippen molar-refractivity contribution in [2.75, 3.05) is 11.6 Å². The second-order valence-corrected chi connectivity index (χ2v) is 5.41. The largest absolute Gasteiger partial charge is 0.463 e. The summed E-state index contributed by atoms with van der Waals surface area (Å²) >= 11 is 7.91. The molecular formula is C14H16ClNOS. The SMILES string of the molecule is CSCc1ccc(CNc2ccc(C)cc2Cl)o1. The molecule has 0 aliphatic carbocycles. The number of nitrogens with one attached hydrogen (secondary N) is 1. The van der Waals surface area contributed by atoms with Crippen LogP contribution in [0.3, 0.4) is 0 Å². The molecule has 0 fully saturated rings. The third-order valence-electron chi connectivity index (χ3n) is 2.58. The summed E-state index contributed by atoms with van der Waals surface area (Å²) in [5, 5.41) is 4.02. The molecule has 0 atom stereocenters. The maximum atomic E-state index is 6.15. The minimum Gasteiger partial charge on any atom is -0.463 e. The Morgan fingerprint density at radius 1 is 1.22 bits per heavy atom. The van der Waals surface area contributed by atoms with Crippen molar-refractivity contribution in [3.63, 3.8) is 0 Å². The quantitative estimate of drug-likeness (QED) is 0.859. The highest BCUT2D eigenvalue weighted by Gasteiger charge is 2.03. The van der Waals surface area contributed by atoms with Gasteiger partial charge in [-0.1, -0.05) is 17.7 Å². The molecule has 4 heteroatoms. The van der Waals surface area contributed by atoms with E-state index in [-0.39, 0.29) is 0 Å². The van der Waals surface area contributed by atoms with Gasteiger partial charge in [-0.3, -0.25) is 0 Å². The topological polar surface area (TPSA) is 25.2 Å². The van der Waals surface area contributed by atoms with Gasteiger partial charge in [-0.2, -0.15) is 11.8 Å². The number of hydrogen-bond donors (Lipinski definition) is 1. The Labute approximate surface area is 117 Å². The highest BCUT2D eigenvalue weighted by Crippen LogP contribution is 2.23. The van der Waals surface area contributed by atoms with Gasteiger partial charge in [-0.25, -0.2) is 0 Å². The molecule has 0 aliphatic rings. The number of thioether (sulfide) groups is 1. The molecule has 2 nitrogen and oxygen atoms in total. The highest BCUT2D eigenvalue weighted by atomic mass is 35.5. The Balaban J connectivity index is 1.97. The van der Waals surface area contributed by atoms with E-state index in [1.54, 1.807) is 11.8 Å². The van der Waals surface area contributed by atoms with E-state index in [2.05, 4.69) is 11.6 Å². The lowest BCUT2D eigenvalue weighted by molar-refractivity contribution is 0.487. The van der Waals surface area contributed by atoms with Gasteiger partial charge in [0.2, 0.25) is 0 Å². The van der Waals surface area contributed by atoms with Gasteiger partial charge in [0.25, 0.3) is 0 Å². The molecular weight excluding hydrogens is 266 g/mol. The molecule has 2 aromatic rings. The molecule has 0 radical (unpaired) electrons. The Bertz CT molecular complexity index is 524. The molecule has 2 rings (SSSR count). The molecule has 0 amide bonds. The summed E-state index contributed by atoms with van der Waals surface area (Å²) in [5.74, 6) is 2.84. The number of anilines is 1. The van der Waals surface area contributed by atoms with E-state index in [1.807, 2.05) is 37.3 Å². The van der Waals surface area contributed by atoms with Gasteiger partial charge < -0.3 is 9.73 Å². The second kappa shape index (κ2) is 6.21. The smallest absolute Gasteiger partial charge is 0.123 e.